The molecular weight excluding hydrogens is 416 g/mol. The Morgan fingerprint density at radius 1 is 0.688 bits per heavy atom. The van der Waals surface area contributed by atoms with Crippen LogP contribution in [-0.2, 0) is 19.2 Å². The van der Waals surface area contributed by atoms with E-state index in [0.717, 1.165) is 12.8 Å². The maximum atomic E-state index is 12.4. The van der Waals surface area contributed by atoms with Crippen LogP contribution in [0.1, 0.15) is 67.2 Å². The number of hydrogen-bond donors (Lipinski definition) is 6. The van der Waals surface area contributed by atoms with Crippen LogP contribution in [0.15, 0.2) is 0 Å². The first-order valence-electron chi connectivity index (χ1n) is 11.1. The lowest BCUT2D eigenvalue weighted by Crippen LogP contribution is -2.59. The highest BCUT2D eigenvalue weighted by molar-refractivity contribution is 6.36. The summed E-state index contributed by atoms with van der Waals surface area (Å²) >= 11 is 0. The molecule has 0 saturated heterocycles. The Bertz CT molecular complexity index is 625. The van der Waals surface area contributed by atoms with Gasteiger partial charge < -0.3 is 31.5 Å². The lowest BCUT2D eigenvalue weighted by atomic mass is 9.87. The SMILES string of the molecule is CC(C)(C)[C@@H](CO)NC(=O)C(=O)N[C@@H]1CCCC[C@H]1NC(=O)C(=O)N[C@H](CO)C(C)(C)C. The fraction of sp³-hybridized carbons (Fsp3) is 0.818. The molecule has 10 heteroatoms. The zero-order chi connectivity index (χ0) is 24.7. The molecule has 0 heterocycles. The third-order valence-electron chi connectivity index (χ3n) is 5.88. The fourth-order valence-electron chi connectivity index (χ4n) is 3.46. The van der Waals surface area contributed by atoms with Crippen molar-refractivity contribution < 1.29 is 29.4 Å². The normalized spacial score (nSPS) is 21.1. The molecule has 0 aromatic heterocycles. The largest absolute Gasteiger partial charge is 0.394 e. The van der Waals surface area contributed by atoms with E-state index in [1.807, 2.05) is 41.5 Å². The van der Waals surface area contributed by atoms with Gasteiger partial charge in [-0.2, -0.15) is 0 Å². The predicted molar refractivity (Wildman–Crippen MR) is 119 cm³/mol. The molecule has 0 radical (unpaired) electrons. The Balaban J connectivity index is 2.73. The maximum absolute atomic E-state index is 12.4. The van der Waals surface area contributed by atoms with Crippen LogP contribution in [0.4, 0.5) is 0 Å². The Kier molecular flexibility index (Phi) is 10.1. The highest BCUT2D eigenvalue weighted by atomic mass is 16.3. The average Bonchev–Trinajstić information content (AvgIpc) is 2.69. The second-order valence-corrected chi connectivity index (χ2v) is 10.6. The van der Waals surface area contributed by atoms with Gasteiger partial charge in [-0.25, -0.2) is 0 Å². The minimum Gasteiger partial charge on any atom is -0.394 e. The third kappa shape index (κ3) is 8.38. The molecule has 1 aliphatic rings. The quantitative estimate of drug-likeness (QED) is 0.298. The monoisotopic (exact) mass is 456 g/mol. The van der Waals surface area contributed by atoms with Gasteiger partial charge in [0.2, 0.25) is 0 Å². The average molecular weight is 457 g/mol. The van der Waals surface area contributed by atoms with Gasteiger partial charge in [-0.05, 0) is 23.7 Å². The van der Waals surface area contributed by atoms with Gasteiger partial charge in [0.15, 0.2) is 0 Å². The first kappa shape index (κ1) is 27.8. The summed E-state index contributed by atoms with van der Waals surface area (Å²) < 4.78 is 0. The standard InChI is InChI=1S/C22H40N4O6/c1-21(2,3)15(11-27)25-19(31)17(29)23-13-9-7-8-10-14(13)24-18(30)20(32)26-16(12-28)22(4,5)6/h13-16,27-28H,7-12H2,1-6H3,(H,23,29)(H,24,30)(H,25,31)(H,26,32)/t13-,14-,15-,16-/m1/s1. The molecule has 0 spiro atoms. The number of rotatable bonds is 6. The molecule has 6 N–H and O–H groups in total. The maximum Gasteiger partial charge on any atom is 0.309 e. The molecule has 0 aliphatic heterocycles. The van der Waals surface area contributed by atoms with E-state index in [1.165, 1.54) is 0 Å². The number of amides is 4. The molecular formula is C22H40N4O6. The second kappa shape index (κ2) is 11.6. The minimum atomic E-state index is -0.858. The zero-order valence-corrected chi connectivity index (χ0v) is 20.1. The van der Waals surface area contributed by atoms with Crippen LogP contribution in [0.2, 0.25) is 0 Å². The molecule has 1 saturated carbocycles. The summed E-state index contributed by atoms with van der Waals surface area (Å²) in [4.78, 5) is 49.5. The summed E-state index contributed by atoms with van der Waals surface area (Å²) in [6, 6.07) is -2.18. The van der Waals surface area contributed by atoms with Crippen molar-refractivity contribution in [1.82, 2.24) is 21.3 Å². The van der Waals surface area contributed by atoms with Gasteiger partial charge in [0, 0.05) is 12.1 Å². The summed E-state index contributed by atoms with van der Waals surface area (Å²) in [5.74, 6) is -3.42. The molecule has 0 bridgehead atoms. The van der Waals surface area contributed by atoms with Crippen LogP contribution in [0.5, 0.6) is 0 Å². The van der Waals surface area contributed by atoms with Crippen molar-refractivity contribution in [2.75, 3.05) is 13.2 Å². The predicted octanol–water partition coefficient (Wildman–Crippen LogP) is -0.424. The van der Waals surface area contributed by atoms with Crippen LogP contribution in [0.3, 0.4) is 0 Å². The highest BCUT2D eigenvalue weighted by Crippen LogP contribution is 2.21. The van der Waals surface area contributed by atoms with E-state index in [4.69, 9.17) is 0 Å². The number of hydrogen-bond acceptors (Lipinski definition) is 6. The number of aliphatic hydroxyl groups is 2. The molecule has 1 rings (SSSR count). The molecule has 1 fully saturated rings. The molecule has 1 aliphatic carbocycles. The van der Waals surface area contributed by atoms with Crippen molar-refractivity contribution in [3.05, 3.63) is 0 Å². The highest BCUT2D eigenvalue weighted by Gasteiger charge is 2.34. The van der Waals surface area contributed by atoms with Gasteiger partial charge in [0.05, 0.1) is 25.3 Å². The Morgan fingerprint density at radius 3 is 1.25 bits per heavy atom. The Morgan fingerprint density at radius 2 is 1.00 bits per heavy atom. The number of carbonyl (C=O) groups is 4. The Labute approximate surface area is 190 Å². The number of nitrogens with one attached hydrogen (secondary N) is 4. The van der Waals surface area contributed by atoms with E-state index in [9.17, 15) is 29.4 Å². The van der Waals surface area contributed by atoms with Crippen molar-refractivity contribution in [3.8, 4) is 0 Å². The van der Waals surface area contributed by atoms with E-state index in [-0.39, 0.29) is 13.2 Å². The molecule has 4 amide bonds. The minimum absolute atomic E-state index is 0.302. The first-order valence-corrected chi connectivity index (χ1v) is 11.1. The summed E-state index contributed by atoms with van der Waals surface area (Å²) in [5.41, 5.74) is -0.863. The van der Waals surface area contributed by atoms with E-state index in [2.05, 4.69) is 21.3 Å². The van der Waals surface area contributed by atoms with Crippen molar-refractivity contribution in [3.63, 3.8) is 0 Å². The van der Waals surface area contributed by atoms with Crippen molar-refractivity contribution >= 4 is 23.6 Å². The van der Waals surface area contributed by atoms with Crippen LogP contribution in [-0.4, -0.2) is 71.2 Å². The van der Waals surface area contributed by atoms with Crippen molar-refractivity contribution in [2.45, 2.75) is 91.4 Å². The Hall–Kier alpha value is -2.20. The van der Waals surface area contributed by atoms with E-state index in [0.29, 0.717) is 12.8 Å². The fourth-order valence-corrected chi connectivity index (χ4v) is 3.46. The number of aliphatic hydroxyl groups excluding tert-OH is 2. The zero-order valence-electron chi connectivity index (χ0n) is 20.1. The molecule has 4 atom stereocenters. The summed E-state index contributed by atoms with van der Waals surface area (Å²) in [5, 5.41) is 29.4. The van der Waals surface area contributed by atoms with E-state index < -0.39 is 58.6 Å². The van der Waals surface area contributed by atoms with Crippen molar-refractivity contribution in [2.24, 2.45) is 10.8 Å². The van der Waals surface area contributed by atoms with Gasteiger partial charge in [0.25, 0.3) is 0 Å². The van der Waals surface area contributed by atoms with E-state index >= 15 is 0 Å². The van der Waals surface area contributed by atoms with Crippen LogP contribution >= 0.6 is 0 Å². The van der Waals surface area contributed by atoms with E-state index in [1.54, 1.807) is 0 Å². The summed E-state index contributed by atoms with van der Waals surface area (Å²) in [6.07, 6.45) is 2.72. The summed E-state index contributed by atoms with van der Waals surface area (Å²) in [7, 11) is 0. The first-order chi connectivity index (χ1) is 14.7. The lowest BCUT2D eigenvalue weighted by molar-refractivity contribution is -0.142. The topological polar surface area (TPSA) is 157 Å². The van der Waals surface area contributed by atoms with Crippen LogP contribution in [0, 0.1) is 10.8 Å². The van der Waals surface area contributed by atoms with Gasteiger partial charge >= 0.3 is 23.6 Å². The number of carbonyl (C=O) groups excluding carboxylic acids is 4. The van der Waals surface area contributed by atoms with Gasteiger partial charge in [0.1, 0.15) is 0 Å². The smallest absolute Gasteiger partial charge is 0.309 e. The van der Waals surface area contributed by atoms with Gasteiger partial charge in [-0.15, -0.1) is 0 Å². The molecule has 0 aromatic rings. The molecule has 10 nitrogen and oxygen atoms in total. The summed E-state index contributed by atoms with van der Waals surface area (Å²) in [6.45, 7) is 10.4. The third-order valence-corrected chi connectivity index (χ3v) is 5.88. The van der Waals surface area contributed by atoms with Gasteiger partial charge in [-0.3, -0.25) is 19.2 Å². The van der Waals surface area contributed by atoms with Crippen LogP contribution < -0.4 is 21.3 Å². The van der Waals surface area contributed by atoms with Crippen molar-refractivity contribution in [1.29, 1.82) is 0 Å². The molecule has 32 heavy (non-hydrogen) atoms. The molecule has 0 unspecified atom stereocenters. The van der Waals surface area contributed by atoms with Crippen LogP contribution in [0.25, 0.3) is 0 Å². The lowest BCUT2D eigenvalue weighted by Gasteiger charge is -2.34. The second-order valence-electron chi connectivity index (χ2n) is 10.6. The van der Waals surface area contributed by atoms with Gasteiger partial charge in [-0.1, -0.05) is 54.4 Å². The molecule has 184 valence electrons. The molecule has 0 aromatic carbocycles.